The lowest BCUT2D eigenvalue weighted by Gasteiger charge is -2.39. The Hall–Kier alpha value is -4.27. The molecule has 4 aromatic rings. The highest BCUT2D eigenvalue weighted by atomic mass is 16.5. The standard InChI is InChI=1S/C32H34N4O4/c1-32(2,3)22-9-12-29(39-4)27(21-22)34-31(38)30(37)26-10-11-28(25-8-6-5-7-24(25)26)36(23-13-15-33-16-14-23)35-17-19-40-20-18-35/h5-16,21H,17-20H2,1-4H3,(H,34,38). The van der Waals surface area contributed by atoms with Crippen molar-refractivity contribution in [3.63, 3.8) is 0 Å². The van der Waals surface area contributed by atoms with Crippen LogP contribution in [0.1, 0.15) is 36.7 Å². The van der Waals surface area contributed by atoms with Crippen LogP contribution >= 0.6 is 0 Å². The highest BCUT2D eigenvalue weighted by Gasteiger charge is 2.26. The number of rotatable bonds is 7. The summed E-state index contributed by atoms with van der Waals surface area (Å²) in [7, 11) is 1.54. The number of pyridine rings is 1. The molecular weight excluding hydrogens is 504 g/mol. The molecule has 8 heteroatoms. The van der Waals surface area contributed by atoms with E-state index in [9.17, 15) is 9.59 Å². The average Bonchev–Trinajstić information content (AvgIpc) is 2.97. The van der Waals surface area contributed by atoms with E-state index in [0.29, 0.717) is 35.6 Å². The number of amides is 1. The van der Waals surface area contributed by atoms with Crippen LogP contribution in [0.5, 0.6) is 5.75 Å². The molecule has 1 amide bonds. The Morgan fingerprint density at radius 3 is 2.33 bits per heavy atom. The number of hydrazine groups is 1. The highest BCUT2D eigenvalue weighted by Crippen LogP contribution is 2.36. The van der Waals surface area contributed by atoms with Gasteiger partial charge in [0.15, 0.2) is 0 Å². The Labute approximate surface area is 234 Å². The quantitative estimate of drug-likeness (QED) is 0.237. The van der Waals surface area contributed by atoms with Crippen LogP contribution < -0.4 is 15.1 Å². The number of carbonyl (C=O) groups excluding carboxylic acids is 2. The minimum Gasteiger partial charge on any atom is -0.495 e. The molecule has 1 aliphatic rings. The number of fused-ring (bicyclic) bond motifs is 1. The summed E-state index contributed by atoms with van der Waals surface area (Å²) in [5, 5.41) is 8.72. The van der Waals surface area contributed by atoms with E-state index in [4.69, 9.17) is 9.47 Å². The number of nitrogens with zero attached hydrogens (tertiary/aromatic N) is 3. The van der Waals surface area contributed by atoms with E-state index in [2.05, 4.69) is 41.1 Å². The number of ketones is 1. The van der Waals surface area contributed by atoms with Crippen molar-refractivity contribution in [2.24, 2.45) is 0 Å². The van der Waals surface area contributed by atoms with Crippen LogP contribution in [0.25, 0.3) is 10.8 Å². The molecule has 8 nitrogen and oxygen atoms in total. The summed E-state index contributed by atoms with van der Waals surface area (Å²) in [5.74, 6) is -0.845. The van der Waals surface area contributed by atoms with Gasteiger partial charge in [-0.05, 0) is 52.8 Å². The fourth-order valence-electron chi connectivity index (χ4n) is 4.93. The fraction of sp³-hybridized carbons (Fsp3) is 0.281. The van der Waals surface area contributed by atoms with Gasteiger partial charge in [-0.1, -0.05) is 51.1 Å². The van der Waals surface area contributed by atoms with Gasteiger partial charge < -0.3 is 14.8 Å². The first-order valence-electron chi connectivity index (χ1n) is 13.4. The molecule has 1 fully saturated rings. The molecule has 0 unspecified atom stereocenters. The van der Waals surface area contributed by atoms with Gasteiger partial charge in [-0.3, -0.25) is 19.6 Å². The normalized spacial score (nSPS) is 14.1. The second kappa shape index (κ2) is 11.5. The molecule has 2 heterocycles. The first-order valence-corrected chi connectivity index (χ1v) is 13.4. The first kappa shape index (κ1) is 27.3. The van der Waals surface area contributed by atoms with Gasteiger partial charge in [-0.15, -0.1) is 0 Å². The maximum Gasteiger partial charge on any atom is 0.296 e. The molecule has 0 spiro atoms. The Bertz CT molecular complexity index is 1530. The van der Waals surface area contributed by atoms with Gasteiger partial charge in [-0.25, -0.2) is 5.01 Å². The van der Waals surface area contributed by atoms with Crippen LogP contribution in [-0.4, -0.2) is 55.1 Å². The number of hydrogen-bond acceptors (Lipinski definition) is 7. The van der Waals surface area contributed by atoms with Crippen molar-refractivity contribution in [3.8, 4) is 5.75 Å². The number of aromatic nitrogens is 1. The van der Waals surface area contributed by atoms with Crippen molar-refractivity contribution >= 4 is 39.5 Å². The fourth-order valence-corrected chi connectivity index (χ4v) is 4.93. The smallest absolute Gasteiger partial charge is 0.296 e. The molecule has 3 aromatic carbocycles. The number of hydrogen-bond donors (Lipinski definition) is 1. The Morgan fingerprint density at radius 1 is 0.950 bits per heavy atom. The zero-order chi connectivity index (χ0) is 28.3. The minimum atomic E-state index is -0.721. The summed E-state index contributed by atoms with van der Waals surface area (Å²) in [6.07, 6.45) is 3.52. The SMILES string of the molecule is COc1ccc(C(C)(C)C)cc1NC(=O)C(=O)c1ccc(N(c2ccncc2)N2CCOCC2)c2ccccc12. The minimum absolute atomic E-state index is 0.136. The van der Waals surface area contributed by atoms with Crippen molar-refractivity contribution in [2.75, 3.05) is 43.7 Å². The number of methoxy groups -OCH3 is 1. The molecule has 0 radical (unpaired) electrons. The van der Waals surface area contributed by atoms with Gasteiger partial charge in [0, 0.05) is 36.4 Å². The monoisotopic (exact) mass is 538 g/mol. The third-order valence-corrected chi connectivity index (χ3v) is 7.07. The van der Waals surface area contributed by atoms with Crippen molar-refractivity contribution in [1.29, 1.82) is 0 Å². The summed E-state index contributed by atoms with van der Waals surface area (Å²) >= 11 is 0. The average molecular weight is 539 g/mol. The van der Waals surface area contributed by atoms with Gasteiger partial charge >= 0.3 is 0 Å². The van der Waals surface area contributed by atoms with E-state index in [1.807, 2.05) is 60.7 Å². The number of benzene rings is 3. The molecule has 206 valence electrons. The maximum atomic E-state index is 13.6. The first-order chi connectivity index (χ1) is 19.3. The van der Waals surface area contributed by atoms with Crippen LogP contribution in [0.2, 0.25) is 0 Å². The number of ether oxygens (including phenoxy) is 2. The van der Waals surface area contributed by atoms with Crippen LogP contribution in [0.15, 0.2) is 79.1 Å². The second-order valence-corrected chi connectivity index (χ2v) is 10.7. The van der Waals surface area contributed by atoms with Crippen LogP contribution in [0, 0.1) is 0 Å². The van der Waals surface area contributed by atoms with Crippen molar-refractivity contribution in [3.05, 3.63) is 90.3 Å². The molecule has 0 saturated carbocycles. The molecule has 1 N–H and O–H groups in total. The van der Waals surface area contributed by atoms with Gasteiger partial charge in [0.25, 0.3) is 11.7 Å². The van der Waals surface area contributed by atoms with E-state index >= 15 is 0 Å². The third kappa shape index (κ3) is 5.54. The Balaban J connectivity index is 1.53. The number of carbonyl (C=O) groups is 2. The van der Waals surface area contributed by atoms with E-state index in [0.717, 1.165) is 35.4 Å². The van der Waals surface area contributed by atoms with Gasteiger partial charge in [0.05, 0.1) is 37.4 Å². The molecule has 1 aromatic heterocycles. The molecular formula is C32H34N4O4. The maximum absolute atomic E-state index is 13.6. The third-order valence-electron chi connectivity index (χ3n) is 7.07. The van der Waals surface area contributed by atoms with E-state index in [1.165, 1.54) is 0 Å². The van der Waals surface area contributed by atoms with E-state index < -0.39 is 11.7 Å². The van der Waals surface area contributed by atoms with Crippen molar-refractivity contribution in [2.45, 2.75) is 26.2 Å². The van der Waals surface area contributed by atoms with Crippen LogP contribution in [0.4, 0.5) is 17.1 Å². The van der Waals surface area contributed by atoms with E-state index in [-0.39, 0.29) is 5.41 Å². The molecule has 40 heavy (non-hydrogen) atoms. The number of anilines is 3. The van der Waals surface area contributed by atoms with Crippen molar-refractivity contribution < 1.29 is 19.1 Å². The lowest BCUT2D eigenvalue weighted by atomic mass is 9.87. The largest absolute Gasteiger partial charge is 0.495 e. The predicted octanol–water partition coefficient (Wildman–Crippen LogP) is 5.75. The van der Waals surface area contributed by atoms with Crippen LogP contribution in [-0.2, 0) is 14.9 Å². The predicted molar refractivity (Wildman–Crippen MR) is 157 cm³/mol. The Morgan fingerprint density at radius 2 is 1.65 bits per heavy atom. The van der Waals surface area contributed by atoms with Gasteiger partial charge in [-0.2, -0.15) is 0 Å². The van der Waals surface area contributed by atoms with Gasteiger partial charge in [0.2, 0.25) is 0 Å². The van der Waals surface area contributed by atoms with E-state index in [1.54, 1.807) is 25.6 Å². The lowest BCUT2D eigenvalue weighted by molar-refractivity contribution is -0.112. The van der Waals surface area contributed by atoms with Crippen LogP contribution in [0.3, 0.4) is 0 Å². The number of morpholine rings is 1. The van der Waals surface area contributed by atoms with Crippen molar-refractivity contribution in [1.82, 2.24) is 9.99 Å². The summed E-state index contributed by atoms with van der Waals surface area (Å²) in [5.41, 5.74) is 3.53. The Kier molecular flexibility index (Phi) is 7.82. The summed E-state index contributed by atoms with van der Waals surface area (Å²) in [6, 6.07) is 20.8. The zero-order valence-corrected chi connectivity index (χ0v) is 23.3. The zero-order valence-electron chi connectivity index (χ0n) is 23.3. The summed E-state index contributed by atoms with van der Waals surface area (Å²) in [6.45, 7) is 8.94. The summed E-state index contributed by atoms with van der Waals surface area (Å²) in [4.78, 5) is 31.1. The summed E-state index contributed by atoms with van der Waals surface area (Å²) < 4.78 is 11.1. The lowest BCUT2D eigenvalue weighted by Crippen LogP contribution is -2.46. The number of nitrogens with one attached hydrogen (secondary N) is 1. The molecule has 0 atom stereocenters. The molecule has 1 saturated heterocycles. The molecule has 5 rings (SSSR count). The topological polar surface area (TPSA) is 84.0 Å². The highest BCUT2D eigenvalue weighted by molar-refractivity contribution is 6.48. The molecule has 1 aliphatic heterocycles. The molecule has 0 bridgehead atoms. The number of Topliss-reactive ketones (excluding diaryl/α,β-unsaturated/α-hetero) is 1. The molecule has 0 aliphatic carbocycles. The second-order valence-electron chi connectivity index (χ2n) is 10.7. The van der Waals surface area contributed by atoms with Gasteiger partial charge in [0.1, 0.15) is 5.75 Å².